The summed E-state index contributed by atoms with van der Waals surface area (Å²) in [5, 5.41) is 8.92. The van der Waals surface area contributed by atoms with Crippen LogP contribution in [0.15, 0.2) is 24.3 Å². The Bertz CT molecular complexity index is 521. The minimum atomic E-state index is -0.889. The molecular formula is C17H24N2O3. The second-order valence-corrected chi connectivity index (χ2v) is 6.02. The molecule has 1 amide bonds. The maximum Gasteiger partial charge on any atom is 0.308 e. The van der Waals surface area contributed by atoms with E-state index in [4.69, 9.17) is 5.11 Å². The molecule has 1 saturated heterocycles. The number of piperidine rings is 1. The second kappa shape index (κ2) is 7.29. The third kappa shape index (κ3) is 4.00. The average Bonchev–Trinajstić information content (AvgIpc) is 2.55. The number of carboxylic acid groups (broad SMARTS) is 1. The molecule has 2 rings (SSSR count). The zero-order chi connectivity index (χ0) is 16.1. The van der Waals surface area contributed by atoms with Gasteiger partial charge in [0.15, 0.2) is 0 Å². The monoisotopic (exact) mass is 304 g/mol. The Morgan fingerprint density at radius 1 is 1.18 bits per heavy atom. The molecule has 22 heavy (non-hydrogen) atoms. The number of aliphatic carboxylic acids is 1. The molecular weight excluding hydrogens is 280 g/mol. The van der Waals surface area contributed by atoms with Crippen LogP contribution >= 0.6 is 0 Å². The van der Waals surface area contributed by atoms with Gasteiger partial charge >= 0.3 is 5.97 Å². The van der Waals surface area contributed by atoms with Crippen LogP contribution < -0.4 is 4.90 Å². The SMILES string of the molecule is CC(CN(C)C(=O)c1ccc(N2CCCCC2)cc1)C(=O)O. The van der Waals surface area contributed by atoms with E-state index >= 15 is 0 Å². The number of hydrogen-bond donors (Lipinski definition) is 1. The molecule has 0 aliphatic carbocycles. The van der Waals surface area contributed by atoms with Crippen molar-refractivity contribution in [3.05, 3.63) is 29.8 Å². The van der Waals surface area contributed by atoms with E-state index in [9.17, 15) is 9.59 Å². The zero-order valence-corrected chi connectivity index (χ0v) is 13.3. The van der Waals surface area contributed by atoms with Crippen molar-refractivity contribution in [1.29, 1.82) is 0 Å². The number of anilines is 1. The number of amides is 1. The standard InChI is InChI=1S/C17H24N2O3/c1-13(17(21)22)12-18(2)16(20)14-6-8-15(9-7-14)19-10-4-3-5-11-19/h6-9,13H,3-5,10-12H2,1-2H3,(H,21,22). The molecule has 1 aliphatic rings. The van der Waals surface area contributed by atoms with Crippen molar-refractivity contribution in [1.82, 2.24) is 4.90 Å². The van der Waals surface area contributed by atoms with Crippen molar-refractivity contribution in [3.8, 4) is 0 Å². The summed E-state index contributed by atoms with van der Waals surface area (Å²) in [6.45, 7) is 3.96. The summed E-state index contributed by atoms with van der Waals surface area (Å²) in [5.74, 6) is -1.60. The van der Waals surface area contributed by atoms with E-state index in [1.165, 1.54) is 24.2 Å². The van der Waals surface area contributed by atoms with Gasteiger partial charge in [-0.05, 0) is 43.5 Å². The molecule has 0 bridgehead atoms. The molecule has 1 aromatic carbocycles. The van der Waals surface area contributed by atoms with Gasteiger partial charge in [0.1, 0.15) is 0 Å². The Kier molecular flexibility index (Phi) is 5.41. The summed E-state index contributed by atoms with van der Waals surface area (Å²) in [7, 11) is 1.64. The fourth-order valence-electron chi connectivity index (χ4n) is 2.76. The number of nitrogens with zero attached hydrogens (tertiary/aromatic N) is 2. The van der Waals surface area contributed by atoms with Crippen LogP contribution in [0.25, 0.3) is 0 Å². The summed E-state index contributed by atoms with van der Waals surface area (Å²) < 4.78 is 0. The van der Waals surface area contributed by atoms with E-state index in [0.717, 1.165) is 18.8 Å². The second-order valence-electron chi connectivity index (χ2n) is 6.02. The van der Waals surface area contributed by atoms with Gasteiger partial charge in [-0.1, -0.05) is 6.92 Å². The van der Waals surface area contributed by atoms with Crippen LogP contribution in [0, 0.1) is 5.92 Å². The quantitative estimate of drug-likeness (QED) is 0.908. The van der Waals surface area contributed by atoms with E-state index in [1.807, 2.05) is 24.3 Å². The molecule has 1 aliphatic heterocycles. The first-order valence-corrected chi connectivity index (χ1v) is 7.82. The van der Waals surface area contributed by atoms with Crippen LogP contribution in [0.2, 0.25) is 0 Å². The Hall–Kier alpha value is -2.04. The lowest BCUT2D eigenvalue weighted by molar-refractivity contribution is -0.141. The van der Waals surface area contributed by atoms with E-state index in [0.29, 0.717) is 5.56 Å². The highest BCUT2D eigenvalue weighted by atomic mass is 16.4. The fourth-order valence-corrected chi connectivity index (χ4v) is 2.76. The molecule has 1 N–H and O–H groups in total. The first kappa shape index (κ1) is 16.3. The van der Waals surface area contributed by atoms with Gasteiger partial charge in [-0.25, -0.2) is 0 Å². The van der Waals surface area contributed by atoms with Gasteiger partial charge in [-0.2, -0.15) is 0 Å². The number of hydrogen-bond acceptors (Lipinski definition) is 3. The third-order valence-corrected chi connectivity index (χ3v) is 4.15. The fraction of sp³-hybridized carbons (Fsp3) is 0.529. The molecule has 0 saturated carbocycles. The predicted molar refractivity (Wildman–Crippen MR) is 86.3 cm³/mol. The molecule has 1 atom stereocenters. The predicted octanol–water partition coefficient (Wildman–Crippen LogP) is 2.47. The third-order valence-electron chi connectivity index (χ3n) is 4.15. The van der Waals surface area contributed by atoms with Crippen LogP contribution in [0.4, 0.5) is 5.69 Å². The Morgan fingerprint density at radius 3 is 2.32 bits per heavy atom. The van der Waals surface area contributed by atoms with Gasteiger partial charge < -0.3 is 14.9 Å². The van der Waals surface area contributed by atoms with Crippen LogP contribution in [-0.2, 0) is 4.79 Å². The smallest absolute Gasteiger partial charge is 0.308 e. The van der Waals surface area contributed by atoms with E-state index in [-0.39, 0.29) is 12.5 Å². The summed E-state index contributed by atoms with van der Waals surface area (Å²) in [6, 6.07) is 7.61. The van der Waals surface area contributed by atoms with Crippen molar-refractivity contribution < 1.29 is 14.7 Å². The van der Waals surface area contributed by atoms with Gasteiger partial charge in [-0.3, -0.25) is 9.59 Å². The molecule has 1 unspecified atom stereocenters. The molecule has 5 nitrogen and oxygen atoms in total. The molecule has 5 heteroatoms. The minimum absolute atomic E-state index is 0.140. The van der Waals surface area contributed by atoms with Crippen LogP contribution in [0.1, 0.15) is 36.5 Å². The van der Waals surface area contributed by atoms with Gasteiger partial charge in [-0.15, -0.1) is 0 Å². The summed E-state index contributed by atoms with van der Waals surface area (Å²) in [6.07, 6.45) is 3.73. The van der Waals surface area contributed by atoms with E-state index in [2.05, 4.69) is 4.90 Å². The molecule has 1 aromatic rings. The van der Waals surface area contributed by atoms with Gasteiger partial charge in [0.05, 0.1) is 5.92 Å². The highest BCUT2D eigenvalue weighted by Gasteiger charge is 2.19. The summed E-state index contributed by atoms with van der Waals surface area (Å²) >= 11 is 0. The lowest BCUT2D eigenvalue weighted by Crippen LogP contribution is -2.33. The number of carbonyl (C=O) groups is 2. The Labute approximate surface area is 131 Å². The Balaban J connectivity index is 1.99. The maximum absolute atomic E-state index is 12.3. The topological polar surface area (TPSA) is 60.9 Å². The van der Waals surface area contributed by atoms with Gasteiger partial charge in [0, 0.05) is 37.9 Å². The first-order valence-electron chi connectivity index (χ1n) is 7.82. The number of benzene rings is 1. The molecule has 1 heterocycles. The normalized spacial score (nSPS) is 16.2. The first-order chi connectivity index (χ1) is 10.5. The van der Waals surface area contributed by atoms with Gasteiger partial charge in [0.25, 0.3) is 5.91 Å². The number of carboxylic acids is 1. The van der Waals surface area contributed by atoms with E-state index < -0.39 is 11.9 Å². The van der Waals surface area contributed by atoms with Crippen LogP contribution in [0.5, 0.6) is 0 Å². The highest BCUT2D eigenvalue weighted by Crippen LogP contribution is 2.20. The van der Waals surface area contributed by atoms with Crippen LogP contribution in [0.3, 0.4) is 0 Å². The summed E-state index contributed by atoms with van der Waals surface area (Å²) in [4.78, 5) is 27.0. The largest absolute Gasteiger partial charge is 0.481 e. The zero-order valence-electron chi connectivity index (χ0n) is 13.3. The van der Waals surface area contributed by atoms with E-state index in [1.54, 1.807) is 14.0 Å². The molecule has 0 radical (unpaired) electrons. The maximum atomic E-state index is 12.3. The van der Waals surface area contributed by atoms with Crippen molar-refractivity contribution in [2.45, 2.75) is 26.2 Å². The van der Waals surface area contributed by atoms with Crippen molar-refractivity contribution >= 4 is 17.6 Å². The summed E-state index contributed by atoms with van der Waals surface area (Å²) in [5.41, 5.74) is 1.75. The molecule has 120 valence electrons. The number of rotatable bonds is 5. The Morgan fingerprint density at radius 2 is 1.77 bits per heavy atom. The lowest BCUT2D eigenvalue weighted by atomic mass is 10.1. The van der Waals surface area contributed by atoms with Crippen LogP contribution in [-0.4, -0.2) is 48.6 Å². The minimum Gasteiger partial charge on any atom is -0.481 e. The van der Waals surface area contributed by atoms with Crippen molar-refractivity contribution in [2.24, 2.45) is 5.92 Å². The molecule has 1 fully saturated rings. The van der Waals surface area contributed by atoms with Gasteiger partial charge in [0.2, 0.25) is 0 Å². The lowest BCUT2D eigenvalue weighted by Gasteiger charge is -2.29. The number of carbonyl (C=O) groups excluding carboxylic acids is 1. The average molecular weight is 304 g/mol. The highest BCUT2D eigenvalue weighted by molar-refractivity contribution is 5.94. The van der Waals surface area contributed by atoms with Crippen molar-refractivity contribution in [3.63, 3.8) is 0 Å². The van der Waals surface area contributed by atoms with Crippen molar-refractivity contribution in [2.75, 3.05) is 31.6 Å². The molecule has 0 spiro atoms. The molecule has 0 aromatic heterocycles.